The molecule has 0 aromatic carbocycles. The molecule has 4 rings (SSSR count). The average Bonchev–Trinajstić information content (AvgIpc) is 3.74. The topological polar surface area (TPSA) is 155 Å². The molecule has 2 aromatic rings. The van der Waals surface area contributed by atoms with E-state index in [0.29, 0.717) is 87.4 Å². The first-order valence-electron chi connectivity index (χ1n) is 15.6. The zero-order valence-electron chi connectivity index (χ0n) is 26.8. The lowest BCUT2D eigenvalue weighted by atomic mass is 10.1. The number of ketones is 1. The second-order valence-corrected chi connectivity index (χ2v) is 10.7. The van der Waals surface area contributed by atoms with Gasteiger partial charge >= 0.3 is 0 Å². The summed E-state index contributed by atoms with van der Waals surface area (Å²) in [4.78, 5) is 41.6. The highest BCUT2D eigenvalue weighted by Gasteiger charge is 2.28. The molecule has 2 aliphatic heterocycles. The molecule has 0 radical (unpaired) electrons. The van der Waals surface area contributed by atoms with E-state index in [1.54, 1.807) is 17.4 Å². The molecular formula is C31H46N8O7. The van der Waals surface area contributed by atoms with Crippen molar-refractivity contribution in [3.05, 3.63) is 18.0 Å². The van der Waals surface area contributed by atoms with Crippen LogP contribution in [0.2, 0.25) is 0 Å². The predicted octanol–water partition coefficient (Wildman–Crippen LogP) is 0.277. The third-order valence-corrected chi connectivity index (χ3v) is 7.59. The van der Waals surface area contributed by atoms with Crippen molar-refractivity contribution in [2.75, 3.05) is 111 Å². The van der Waals surface area contributed by atoms with E-state index in [1.165, 1.54) is 20.4 Å². The van der Waals surface area contributed by atoms with E-state index in [-0.39, 0.29) is 11.7 Å². The molecule has 46 heavy (non-hydrogen) atoms. The number of nitrogens with one attached hydrogen (secondary N) is 3. The third-order valence-electron chi connectivity index (χ3n) is 7.59. The summed E-state index contributed by atoms with van der Waals surface area (Å²) in [6.07, 6.45) is 9.88. The number of piperazine rings is 1. The highest BCUT2D eigenvalue weighted by molar-refractivity contribution is 6.12. The van der Waals surface area contributed by atoms with Gasteiger partial charge in [-0.3, -0.25) is 14.5 Å². The van der Waals surface area contributed by atoms with E-state index < -0.39 is 6.17 Å². The number of Topliss-reactive ketones (excluding diaryl/α,β-unsaturated/α-hetero) is 1. The van der Waals surface area contributed by atoms with Crippen LogP contribution in [0.5, 0.6) is 5.75 Å². The number of aliphatic imine (C=N–C) groups is 1. The smallest absolute Gasteiger partial charge is 0.261 e. The highest BCUT2D eigenvalue weighted by atomic mass is 16.6. The second kappa shape index (κ2) is 19.1. The maximum Gasteiger partial charge on any atom is 0.261 e. The van der Waals surface area contributed by atoms with Crippen LogP contribution in [0.25, 0.3) is 10.9 Å². The maximum absolute atomic E-state index is 12.8. The SMILES string of the molecule is C#CCOCCOCCOCCOCCN1CCN(CCCNC(=O)C2N=CN(c3ncc(OC)c4c(C(C)=O)c[nH]c34)N2)CC1. The fourth-order valence-corrected chi connectivity index (χ4v) is 5.13. The van der Waals surface area contributed by atoms with Crippen molar-refractivity contribution in [2.45, 2.75) is 19.5 Å². The molecule has 1 unspecified atom stereocenters. The normalized spacial score (nSPS) is 17.1. The number of carbonyl (C=O) groups is 2. The van der Waals surface area contributed by atoms with Gasteiger partial charge in [-0.05, 0) is 19.9 Å². The Morgan fingerprint density at radius 2 is 1.65 bits per heavy atom. The lowest BCUT2D eigenvalue weighted by Gasteiger charge is -2.34. The third kappa shape index (κ3) is 10.5. The van der Waals surface area contributed by atoms with Crippen LogP contribution in [0, 0.1) is 12.3 Å². The number of hydrazine groups is 1. The molecule has 4 heterocycles. The number of hydrogen-bond acceptors (Lipinski definition) is 13. The van der Waals surface area contributed by atoms with Gasteiger partial charge in [0.25, 0.3) is 5.91 Å². The average molecular weight is 643 g/mol. The van der Waals surface area contributed by atoms with Crippen molar-refractivity contribution in [2.24, 2.45) is 4.99 Å². The predicted molar refractivity (Wildman–Crippen MR) is 173 cm³/mol. The first-order chi connectivity index (χ1) is 22.5. The van der Waals surface area contributed by atoms with Gasteiger partial charge in [-0.25, -0.2) is 15.0 Å². The monoisotopic (exact) mass is 642 g/mol. The Balaban J connectivity index is 1.02. The number of hydrogen-bond donors (Lipinski definition) is 3. The maximum atomic E-state index is 12.8. The zero-order valence-corrected chi connectivity index (χ0v) is 26.8. The van der Waals surface area contributed by atoms with E-state index in [0.717, 1.165) is 45.7 Å². The standard InChI is InChI=1S/C31H46N8O7/c1-4-13-43-15-17-45-19-20-46-18-16-44-14-12-38-10-8-37(9-11-38)7-5-6-32-31(41)29-35-23-39(36-29)30-28-27(26(42-3)22-34-30)25(21-33-28)24(2)40/h1,21-23,29,33,36H,5-20H2,2-3H3,(H,32,41). The zero-order chi connectivity index (χ0) is 32.6. The summed E-state index contributed by atoms with van der Waals surface area (Å²) in [6, 6.07) is 0. The van der Waals surface area contributed by atoms with Crippen LogP contribution in [-0.4, -0.2) is 150 Å². The summed E-state index contributed by atoms with van der Waals surface area (Å²) in [5.41, 5.74) is 4.18. The molecule has 0 bridgehead atoms. The quantitative estimate of drug-likeness (QED) is 0.0973. The number of aromatic amines is 1. The minimum Gasteiger partial charge on any atom is -0.494 e. The molecule has 15 nitrogen and oxygen atoms in total. The number of H-pyrrole nitrogens is 1. The van der Waals surface area contributed by atoms with Crippen LogP contribution in [0.15, 0.2) is 17.4 Å². The van der Waals surface area contributed by atoms with Crippen molar-refractivity contribution in [3.63, 3.8) is 0 Å². The molecule has 2 aliphatic rings. The Morgan fingerprint density at radius 1 is 1.00 bits per heavy atom. The number of anilines is 1. The van der Waals surface area contributed by atoms with Gasteiger partial charge in [0, 0.05) is 51.0 Å². The molecule has 1 amide bonds. The Hall–Kier alpha value is -3.62. The van der Waals surface area contributed by atoms with E-state index >= 15 is 0 Å². The Kier molecular flexibility index (Phi) is 14.7. The summed E-state index contributed by atoms with van der Waals surface area (Å²) in [6.45, 7) is 12.0. The summed E-state index contributed by atoms with van der Waals surface area (Å²) in [5, 5.41) is 5.18. The van der Waals surface area contributed by atoms with Crippen molar-refractivity contribution in [1.29, 1.82) is 0 Å². The van der Waals surface area contributed by atoms with Gasteiger partial charge < -0.3 is 38.9 Å². The first-order valence-corrected chi connectivity index (χ1v) is 15.6. The fourth-order valence-electron chi connectivity index (χ4n) is 5.13. The van der Waals surface area contributed by atoms with Gasteiger partial charge in [0.15, 0.2) is 17.8 Å². The number of terminal acetylenes is 1. The van der Waals surface area contributed by atoms with Crippen molar-refractivity contribution < 1.29 is 33.3 Å². The minimum absolute atomic E-state index is 0.0922. The molecule has 252 valence electrons. The van der Waals surface area contributed by atoms with E-state index in [9.17, 15) is 9.59 Å². The van der Waals surface area contributed by atoms with Crippen LogP contribution >= 0.6 is 0 Å². The van der Waals surface area contributed by atoms with Gasteiger partial charge in [0.05, 0.1) is 70.5 Å². The number of aromatic nitrogens is 2. The summed E-state index contributed by atoms with van der Waals surface area (Å²) >= 11 is 0. The Labute approximate surface area is 269 Å². The number of carbonyl (C=O) groups excluding carboxylic acids is 2. The Bertz CT molecular complexity index is 1320. The first kappa shape index (κ1) is 35.2. The minimum atomic E-state index is -0.775. The molecule has 1 saturated heterocycles. The number of methoxy groups -OCH3 is 1. The molecule has 1 atom stereocenters. The number of ether oxygens (including phenoxy) is 5. The number of pyridine rings is 1. The van der Waals surface area contributed by atoms with Gasteiger partial charge in [-0.1, -0.05) is 5.92 Å². The van der Waals surface area contributed by atoms with Gasteiger partial charge in [-0.2, -0.15) is 5.43 Å². The molecule has 0 spiro atoms. The van der Waals surface area contributed by atoms with Crippen LogP contribution in [0.4, 0.5) is 5.82 Å². The summed E-state index contributed by atoms with van der Waals surface area (Å²) < 4.78 is 27.1. The molecule has 0 saturated carbocycles. The van der Waals surface area contributed by atoms with Crippen LogP contribution in [0.3, 0.4) is 0 Å². The number of fused-ring (bicyclic) bond motifs is 1. The van der Waals surface area contributed by atoms with Gasteiger partial charge in [-0.15, -0.1) is 6.42 Å². The van der Waals surface area contributed by atoms with E-state index in [4.69, 9.17) is 30.1 Å². The van der Waals surface area contributed by atoms with E-state index in [2.05, 4.69) is 41.4 Å². The highest BCUT2D eigenvalue weighted by Crippen LogP contribution is 2.33. The lowest BCUT2D eigenvalue weighted by molar-refractivity contribution is -0.122. The van der Waals surface area contributed by atoms with Crippen molar-refractivity contribution >= 4 is 34.7 Å². The lowest BCUT2D eigenvalue weighted by Crippen LogP contribution is -2.48. The van der Waals surface area contributed by atoms with Gasteiger partial charge in [0.2, 0.25) is 0 Å². The van der Waals surface area contributed by atoms with Crippen LogP contribution in [-0.2, 0) is 23.7 Å². The van der Waals surface area contributed by atoms with Gasteiger partial charge in [0.1, 0.15) is 18.7 Å². The fraction of sp³-hybridized carbons (Fsp3) is 0.613. The molecule has 3 N–H and O–H groups in total. The summed E-state index contributed by atoms with van der Waals surface area (Å²) in [5.74, 6) is 3.07. The molecule has 15 heteroatoms. The molecule has 1 fully saturated rings. The Morgan fingerprint density at radius 3 is 2.30 bits per heavy atom. The number of amides is 1. The van der Waals surface area contributed by atoms with Crippen LogP contribution < -0.4 is 20.5 Å². The second-order valence-electron chi connectivity index (χ2n) is 10.7. The van der Waals surface area contributed by atoms with Crippen molar-refractivity contribution in [1.82, 2.24) is 30.5 Å². The summed E-state index contributed by atoms with van der Waals surface area (Å²) in [7, 11) is 1.53. The number of rotatable bonds is 21. The van der Waals surface area contributed by atoms with Crippen LogP contribution in [0.1, 0.15) is 23.7 Å². The molecule has 2 aromatic heterocycles. The number of nitrogens with zero attached hydrogens (tertiary/aromatic N) is 5. The largest absolute Gasteiger partial charge is 0.494 e. The molecule has 0 aliphatic carbocycles. The van der Waals surface area contributed by atoms with Crippen molar-refractivity contribution in [3.8, 4) is 18.1 Å². The van der Waals surface area contributed by atoms with E-state index in [1.807, 2.05) is 0 Å². The molecular weight excluding hydrogens is 596 g/mol.